The summed E-state index contributed by atoms with van der Waals surface area (Å²) >= 11 is 0. The number of aliphatic carboxylic acids is 1. The van der Waals surface area contributed by atoms with Crippen LogP contribution in [0, 0.1) is 17.3 Å². The number of carboxylic acid groups (broad SMARTS) is 1. The van der Waals surface area contributed by atoms with Crippen LogP contribution in [0.3, 0.4) is 0 Å². The predicted octanol–water partition coefficient (Wildman–Crippen LogP) is 3.32. The van der Waals surface area contributed by atoms with Gasteiger partial charge in [-0.25, -0.2) is 0 Å². The average Bonchev–Trinajstić information content (AvgIpc) is 1.95. The van der Waals surface area contributed by atoms with Gasteiger partial charge in [0.2, 0.25) is 0 Å². The number of hydrogen-bond donors (Lipinski definition) is 1. The SMILES string of the molecule is CC(C)(C)C(CC([NH-])=O)C(=O)O.C[C-](C)C.[W+2]. The molecule has 17 heavy (non-hydrogen) atoms. The summed E-state index contributed by atoms with van der Waals surface area (Å²) in [5, 5.41) is 8.72. The van der Waals surface area contributed by atoms with Crippen molar-refractivity contribution in [1.29, 1.82) is 0 Å². The van der Waals surface area contributed by atoms with E-state index in [1.54, 1.807) is 20.8 Å². The Bertz CT molecular complexity index is 232. The minimum absolute atomic E-state index is 0. The fourth-order valence-corrected chi connectivity index (χ4v) is 0.949. The smallest absolute Gasteiger partial charge is 0.668 e. The second-order valence-corrected chi connectivity index (χ2v) is 5.38. The van der Waals surface area contributed by atoms with Crippen LogP contribution in [0.25, 0.3) is 5.73 Å². The molecule has 0 aromatic heterocycles. The molecule has 0 aliphatic rings. The molecule has 0 heterocycles. The van der Waals surface area contributed by atoms with Crippen molar-refractivity contribution in [1.82, 2.24) is 0 Å². The summed E-state index contributed by atoms with van der Waals surface area (Å²) in [7, 11) is 0. The van der Waals surface area contributed by atoms with E-state index in [0.717, 1.165) is 0 Å². The molecule has 100 valence electrons. The molecule has 0 radical (unpaired) electrons. The van der Waals surface area contributed by atoms with E-state index in [0.29, 0.717) is 0 Å². The van der Waals surface area contributed by atoms with E-state index >= 15 is 0 Å². The number of carbonyl (C=O) groups excluding carboxylic acids is 1. The number of amides is 1. The standard InChI is InChI=1S/C8H15NO3.C4H9.W/c1-8(2,3)5(7(11)12)4-6(9)10;1-4(2)3;/h5H,4H2,1-3H3,(H3,9,10,11,12);1-3H3;/q;-1;+2/p-1. The van der Waals surface area contributed by atoms with Crippen LogP contribution in [-0.2, 0) is 30.7 Å². The van der Waals surface area contributed by atoms with E-state index < -0.39 is 23.2 Å². The Labute approximate surface area is 119 Å². The van der Waals surface area contributed by atoms with Crippen LogP contribution in [0.4, 0.5) is 0 Å². The topological polar surface area (TPSA) is 78.2 Å². The van der Waals surface area contributed by atoms with Crippen molar-refractivity contribution in [2.45, 2.75) is 48.0 Å². The molecule has 0 bridgehead atoms. The van der Waals surface area contributed by atoms with Crippen LogP contribution in [0.5, 0.6) is 0 Å². The minimum Gasteiger partial charge on any atom is -0.668 e. The van der Waals surface area contributed by atoms with Gasteiger partial charge in [-0.05, 0) is 5.41 Å². The van der Waals surface area contributed by atoms with Crippen molar-refractivity contribution in [3.63, 3.8) is 0 Å². The number of carboxylic acids is 1. The molecule has 0 aliphatic heterocycles. The van der Waals surface area contributed by atoms with Crippen molar-refractivity contribution in [3.8, 4) is 0 Å². The Morgan fingerprint density at radius 2 is 1.53 bits per heavy atom. The number of rotatable bonds is 3. The second-order valence-electron chi connectivity index (χ2n) is 5.38. The Hall–Kier alpha value is -0.372. The molecule has 1 amide bonds. The predicted molar refractivity (Wildman–Crippen MR) is 64.8 cm³/mol. The normalized spacial score (nSPS) is 11.9. The zero-order chi connectivity index (χ0) is 13.5. The molecule has 1 unspecified atom stereocenters. The van der Waals surface area contributed by atoms with E-state index in [1.165, 1.54) is 5.92 Å². The van der Waals surface area contributed by atoms with Gasteiger partial charge in [0.05, 0.1) is 5.92 Å². The van der Waals surface area contributed by atoms with E-state index in [-0.39, 0.29) is 27.5 Å². The van der Waals surface area contributed by atoms with Crippen LogP contribution < -0.4 is 0 Å². The van der Waals surface area contributed by atoms with Gasteiger partial charge in [0.1, 0.15) is 0 Å². The zero-order valence-electron chi connectivity index (χ0n) is 11.5. The molecule has 4 nitrogen and oxygen atoms in total. The molecule has 0 fully saturated rings. The van der Waals surface area contributed by atoms with Crippen LogP contribution in [-0.4, -0.2) is 17.0 Å². The molecule has 0 saturated heterocycles. The Balaban J connectivity index is -0.000000340. The molecule has 5 heteroatoms. The fraction of sp³-hybridized carbons (Fsp3) is 0.750. The molecule has 0 aromatic rings. The molecule has 1 atom stereocenters. The Morgan fingerprint density at radius 3 is 1.59 bits per heavy atom. The van der Waals surface area contributed by atoms with Gasteiger partial charge >= 0.3 is 27.0 Å². The maximum atomic E-state index is 10.6. The summed E-state index contributed by atoms with van der Waals surface area (Å²) in [6, 6.07) is 0. The van der Waals surface area contributed by atoms with Gasteiger partial charge < -0.3 is 21.6 Å². The maximum Gasteiger partial charge on any atom is 2.00 e. The third-order valence-corrected chi connectivity index (χ3v) is 1.73. The van der Waals surface area contributed by atoms with Gasteiger partial charge in [-0.15, -0.1) is 0 Å². The zero-order valence-corrected chi connectivity index (χ0v) is 14.4. The molecule has 0 saturated carbocycles. The Kier molecular flexibility index (Phi) is 12.4. The van der Waals surface area contributed by atoms with Crippen molar-refractivity contribution in [2.75, 3.05) is 0 Å². The van der Waals surface area contributed by atoms with Crippen molar-refractivity contribution >= 4 is 11.9 Å². The fourth-order valence-electron chi connectivity index (χ4n) is 0.949. The van der Waals surface area contributed by atoms with Crippen LogP contribution in [0.15, 0.2) is 0 Å². The monoisotopic (exact) mass is 413 g/mol. The quantitative estimate of drug-likeness (QED) is 0.722. The summed E-state index contributed by atoms with van der Waals surface area (Å²) in [5.74, 6) is -1.18. The molecular weight excluding hydrogens is 390 g/mol. The largest absolute Gasteiger partial charge is 2.00 e. The number of nitrogens with one attached hydrogen (secondary N) is 1. The molecule has 0 aliphatic carbocycles. The molecule has 0 aromatic carbocycles. The van der Waals surface area contributed by atoms with Gasteiger partial charge in [0.15, 0.2) is 0 Å². The van der Waals surface area contributed by atoms with E-state index in [9.17, 15) is 9.59 Å². The summed E-state index contributed by atoms with van der Waals surface area (Å²) in [5.41, 5.74) is 6.21. The number of hydrogen-bond acceptors (Lipinski definition) is 2. The first-order chi connectivity index (χ1) is 6.98. The minimum atomic E-state index is -1.01. The second kappa shape index (κ2) is 9.64. The summed E-state index contributed by atoms with van der Waals surface area (Å²) in [6.45, 7) is 11.5. The number of carbonyl (C=O) groups is 2. The van der Waals surface area contributed by atoms with Crippen LogP contribution in [0.2, 0.25) is 0 Å². The molecule has 0 rings (SSSR count). The van der Waals surface area contributed by atoms with Gasteiger partial charge in [-0.3, -0.25) is 4.79 Å². The first-order valence-corrected chi connectivity index (χ1v) is 5.22. The first kappa shape index (κ1) is 21.9. The Morgan fingerprint density at radius 1 is 1.24 bits per heavy atom. The van der Waals surface area contributed by atoms with Crippen molar-refractivity contribution in [3.05, 3.63) is 11.7 Å². The molecule has 2 N–H and O–H groups in total. The van der Waals surface area contributed by atoms with Crippen molar-refractivity contribution in [2.24, 2.45) is 11.3 Å². The molecular formula is C12H23NO3W. The first-order valence-electron chi connectivity index (χ1n) is 5.22. The third-order valence-electron chi connectivity index (χ3n) is 1.73. The van der Waals surface area contributed by atoms with E-state index in [4.69, 9.17) is 10.8 Å². The van der Waals surface area contributed by atoms with E-state index in [2.05, 4.69) is 20.8 Å². The van der Waals surface area contributed by atoms with Gasteiger partial charge in [-0.2, -0.15) is 20.8 Å². The van der Waals surface area contributed by atoms with Crippen molar-refractivity contribution < 1.29 is 35.8 Å². The van der Waals surface area contributed by atoms with Gasteiger partial charge in [-0.1, -0.05) is 20.8 Å². The third kappa shape index (κ3) is 15.6. The van der Waals surface area contributed by atoms with Gasteiger partial charge in [0.25, 0.3) is 0 Å². The van der Waals surface area contributed by atoms with E-state index in [1.807, 2.05) is 0 Å². The summed E-state index contributed by atoms with van der Waals surface area (Å²) in [6.07, 6.45) is -0.209. The molecule has 0 spiro atoms. The van der Waals surface area contributed by atoms with Crippen LogP contribution in [0.1, 0.15) is 48.0 Å². The van der Waals surface area contributed by atoms with Gasteiger partial charge in [0, 0.05) is 12.3 Å². The summed E-state index contributed by atoms with van der Waals surface area (Å²) in [4.78, 5) is 21.1. The summed E-state index contributed by atoms with van der Waals surface area (Å²) < 4.78 is 0. The maximum absolute atomic E-state index is 10.6. The average molecular weight is 413 g/mol. The van der Waals surface area contributed by atoms with Crippen LogP contribution >= 0.6 is 0 Å².